The van der Waals surface area contributed by atoms with Gasteiger partial charge in [-0.1, -0.05) is 0 Å². The standard InChI is InChI=1S/C14H26N2OS.ClH/c1-14(2,18-3)9-15-13(17)8-10-6-11-4-5-12(7-10)16-11;/h10-12,16H,4-9H2,1-3H3,(H,15,17);1H. The molecule has 0 aromatic carbocycles. The van der Waals surface area contributed by atoms with Crippen molar-refractivity contribution in [3.8, 4) is 0 Å². The van der Waals surface area contributed by atoms with Crippen molar-refractivity contribution in [2.24, 2.45) is 5.92 Å². The molecular formula is C14H27ClN2OS. The quantitative estimate of drug-likeness (QED) is 0.820. The van der Waals surface area contributed by atoms with Crippen LogP contribution in [0.15, 0.2) is 0 Å². The molecule has 0 radical (unpaired) electrons. The van der Waals surface area contributed by atoms with Crippen LogP contribution >= 0.6 is 24.2 Å². The Bertz CT molecular complexity index is 300. The van der Waals surface area contributed by atoms with Gasteiger partial charge in [-0.3, -0.25) is 4.79 Å². The predicted octanol–water partition coefficient (Wildman–Crippen LogP) is 2.59. The van der Waals surface area contributed by atoms with Crippen LogP contribution in [-0.4, -0.2) is 35.5 Å². The number of thioether (sulfide) groups is 1. The number of halogens is 1. The van der Waals surface area contributed by atoms with Crippen LogP contribution in [0.3, 0.4) is 0 Å². The van der Waals surface area contributed by atoms with Crippen LogP contribution in [0.1, 0.15) is 46.0 Å². The van der Waals surface area contributed by atoms with Gasteiger partial charge in [0.05, 0.1) is 0 Å². The Morgan fingerprint density at radius 1 is 1.32 bits per heavy atom. The van der Waals surface area contributed by atoms with Gasteiger partial charge in [0.2, 0.25) is 5.91 Å². The Balaban J connectivity index is 0.00000180. The van der Waals surface area contributed by atoms with E-state index in [1.54, 1.807) is 11.8 Å². The predicted molar refractivity (Wildman–Crippen MR) is 85.1 cm³/mol. The van der Waals surface area contributed by atoms with Gasteiger partial charge in [-0.05, 0) is 51.7 Å². The van der Waals surface area contributed by atoms with Gasteiger partial charge in [0.1, 0.15) is 0 Å². The molecular weight excluding hydrogens is 280 g/mol. The zero-order valence-corrected chi connectivity index (χ0v) is 13.8. The van der Waals surface area contributed by atoms with Crippen LogP contribution in [0, 0.1) is 5.92 Å². The summed E-state index contributed by atoms with van der Waals surface area (Å²) in [5.41, 5.74) is 0. The summed E-state index contributed by atoms with van der Waals surface area (Å²) in [6.45, 7) is 5.11. The van der Waals surface area contributed by atoms with E-state index in [0.717, 1.165) is 13.0 Å². The van der Waals surface area contributed by atoms with Crippen LogP contribution in [0.5, 0.6) is 0 Å². The maximum Gasteiger partial charge on any atom is 0.220 e. The number of nitrogens with one attached hydrogen (secondary N) is 2. The third kappa shape index (κ3) is 5.16. The number of hydrogen-bond acceptors (Lipinski definition) is 3. The number of amides is 1. The van der Waals surface area contributed by atoms with Gasteiger partial charge >= 0.3 is 0 Å². The minimum absolute atomic E-state index is 0. The molecule has 0 saturated carbocycles. The molecule has 0 aromatic heterocycles. The van der Waals surface area contributed by atoms with Crippen molar-refractivity contribution >= 4 is 30.1 Å². The summed E-state index contributed by atoms with van der Waals surface area (Å²) in [5, 5.41) is 6.71. The fourth-order valence-electron chi connectivity index (χ4n) is 3.06. The van der Waals surface area contributed by atoms with E-state index in [4.69, 9.17) is 0 Å². The zero-order chi connectivity index (χ0) is 13.2. The van der Waals surface area contributed by atoms with Gasteiger partial charge in [-0.25, -0.2) is 0 Å². The molecule has 0 spiro atoms. The second-order valence-corrected chi connectivity index (χ2v) is 7.93. The highest BCUT2D eigenvalue weighted by Crippen LogP contribution is 2.32. The van der Waals surface area contributed by atoms with E-state index < -0.39 is 0 Å². The first-order chi connectivity index (χ1) is 8.48. The topological polar surface area (TPSA) is 41.1 Å². The molecule has 19 heavy (non-hydrogen) atoms. The first kappa shape index (κ1) is 17.1. The van der Waals surface area contributed by atoms with Gasteiger partial charge in [0.15, 0.2) is 0 Å². The normalized spacial score (nSPS) is 29.7. The average molecular weight is 307 g/mol. The van der Waals surface area contributed by atoms with E-state index >= 15 is 0 Å². The minimum Gasteiger partial charge on any atom is -0.355 e. The summed E-state index contributed by atoms with van der Waals surface area (Å²) in [5.74, 6) is 0.838. The fraction of sp³-hybridized carbons (Fsp3) is 0.929. The molecule has 112 valence electrons. The highest BCUT2D eigenvalue weighted by Gasteiger charge is 2.34. The number of hydrogen-bond donors (Lipinski definition) is 2. The van der Waals surface area contributed by atoms with E-state index in [9.17, 15) is 4.79 Å². The lowest BCUT2D eigenvalue weighted by Gasteiger charge is -2.29. The van der Waals surface area contributed by atoms with E-state index in [1.165, 1.54) is 25.7 Å². The van der Waals surface area contributed by atoms with Crippen LogP contribution in [0.2, 0.25) is 0 Å². The first-order valence-corrected chi connectivity index (χ1v) is 8.29. The Morgan fingerprint density at radius 3 is 2.42 bits per heavy atom. The number of carbonyl (C=O) groups is 1. The summed E-state index contributed by atoms with van der Waals surface area (Å²) >= 11 is 1.80. The van der Waals surface area contributed by atoms with Crippen molar-refractivity contribution in [3.05, 3.63) is 0 Å². The second-order valence-electron chi connectivity index (χ2n) is 6.42. The smallest absolute Gasteiger partial charge is 0.220 e. The third-order valence-corrected chi connectivity index (χ3v) is 5.56. The van der Waals surface area contributed by atoms with Crippen LogP contribution < -0.4 is 10.6 Å². The van der Waals surface area contributed by atoms with Crippen LogP contribution in [0.25, 0.3) is 0 Å². The van der Waals surface area contributed by atoms with Gasteiger partial charge in [0.25, 0.3) is 0 Å². The molecule has 3 nitrogen and oxygen atoms in total. The molecule has 1 amide bonds. The lowest BCUT2D eigenvalue weighted by atomic mass is 9.89. The van der Waals surface area contributed by atoms with E-state index in [0.29, 0.717) is 18.0 Å². The summed E-state index contributed by atoms with van der Waals surface area (Å²) in [6.07, 6.45) is 7.81. The van der Waals surface area contributed by atoms with Crippen molar-refractivity contribution in [2.75, 3.05) is 12.8 Å². The van der Waals surface area contributed by atoms with Crippen LogP contribution in [0.4, 0.5) is 0 Å². The maximum atomic E-state index is 12.0. The summed E-state index contributed by atoms with van der Waals surface area (Å²) in [7, 11) is 0. The molecule has 2 fully saturated rings. The number of carbonyl (C=O) groups excluding carboxylic acids is 1. The second kappa shape index (κ2) is 7.19. The fourth-order valence-corrected chi connectivity index (χ4v) is 3.28. The van der Waals surface area contributed by atoms with Gasteiger partial charge < -0.3 is 10.6 Å². The minimum atomic E-state index is 0. The van der Waals surface area contributed by atoms with Gasteiger partial charge in [-0.15, -0.1) is 12.4 Å². The lowest BCUT2D eigenvalue weighted by molar-refractivity contribution is -0.122. The van der Waals surface area contributed by atoms with Crippen molar-refractivity contribution < 1.29 is 4.79 Å². The van der Waals surface area contributed by atoms with Gasteiger partial charge in [-0.2, -0.15) is 11.8 Å². The largest absolute Gasteiger partial charge is 0.355 e. The first-order valence-electron chi connectivity index (χ1n) is 7.06. The molecule has 2 rings (SSSR count). The number of rotatable bonds is 5. The summed E-state index contributed by atoms with van der Waals surface area (Å²) < 4.78 is 0.142. The Kier molecular flexibility index (Phi) is 6.48. The molecule has 2 saturated heterocycles. The molecule has 2 aliphatic rings. The molecule has 2 N–H and O–H groups in total. The van der Waals surface area contributed by atoms with E-state index in [1.807, 2.05) is 0 Å². The molecule has 5 heteroatoms. The van der Waals surface area contributed by atoms with Crippen LogP contribution in [-0.2, 0) is 4.79 Å². The monoisotopic (exact) mass is 306 g/mol. The molecule has 2 bridgehead atoms. The average Bonchev–Trinajstić information content (AvgIpc) is 2.66. The maximum absolute atomic E-state index is 12.0. The molecule has 0 aliphatic carbocycles. The van der Waals surface area contributed by atoms with Crippen molar-refractivity contribution in [3.63, 3.8) is 0 Å². The number of fused-ring (bicyclic) bond motifs is 2. The summed E-state index contributed by atoms with van der Waals surface area (Å²) in [4.78, 5) is 12.0. The zero-order valence-electron chi connectivity index (χ0n) is 12.2. The van der Waals surface area contributed by atoms with Crippen molar-refractivity contribution in [2.45, 2.75) is 62.8 Å². The molecule has 2 atom stereocenters. The highest BCUT2D eigenvalue weighted by molar-refractivity contribution is 7.99. The van der Waals surface area contributed by atoms with Crippen molar-refractivity contribution in [1.82, 2.24) is 10.6 Å². The van der Waals surface area contributed by atoms with E-state index in [-0.39, 0.29) is 23.1 Å². The Labute approximate surface area is 127 Å². The molecule has 2 heterocycles. The van der Waals surface area contributed by atoms with Gasteiger partial charge in [0, 0.05) is 29.8 Å². The molecule has 0 aromatic rings. The summed E-state index contributed by atoms with van der Waals surface area (Å²) in [6, 6.07) is 1.37. The van der Waals surface area contributed by atoms with Crippen molar-refractivity contribution in [1.29, 1.82) is 0 Å². The Hall–Kier alpha value is 0.0700. The number of piperidine rings is 1. The molecule has 2 aliphatic heterocycles. The molecule has 2 unspecified atom stereocenters. The third-order valence-electron chi connectivity index (χ3n) is 4.31. The lowest BCUT2D eigenvalue weighted by Crippen LogP contribution is -2.41. The highest BCUT2D eigenvalue weighted by atomic mass is 35.5. The van der Waals surface area contributed by atoms with E-state index in [2.05, 4.69) is 30.7 Å². The Morgan fingerprint density at radius 2 is 1.89 bits per heavy atom. The SMILES string of the molecule is CSC(C)(C)CNC(=O)CC1CC2CCC(C1)N2.Cl.